The molecule has 8 heteroatoms. The van der Waals surface area contributed by atoms with E-state index < -0.39 is 0 Å². The zero-order valence-corrected chi connectivity index (χ0v) is 14.5. The van der Waals surface area contributed by atoms with Crippen LogP contribution in [0.1, 0.15) is 10.4 Å². The molecule has 0 aliphatic carbocycles. The zero-order chi connectivity index (χ0) is 16.9. The van der Waals surface area contributed by atoms with Crippen LogP contribution in [0.3, 0.4) is 0 Å². The number of aromatic nitrogens is 1. The number of nitrogens with zero attached hydrogens (tertiary/aromatic N) is 2. The number of anilines is 1. The maximum atomic E-state index is 12.9. The van der Waals surface area contributed by atoms with Gasteiger partial charge in [-0.2, -0.15) is 0 Å². The summed E-state index contributed by atoms with van der Waals surface area (Å²) in [5.74, 6) is -0.581. The van der Waals surface area contributed by atoms with Gasteiger partial charge in [0.2, 0.25) is 0 Å². The van der Waals surface area contributed by atoms with Gasteiger partial charge in [0.15, 0.2) is 10.1 Å². The Balaban J connectivity index is 1.58. The van der Waals surface area contributed by atoms with Gasteiger partial charge in [0.05, 0.1) is 13.2 Å². The summed E-state index contributed by atoms with van der Waals surface area (Å²) in [5, 5.41) is 3.25. The highest BCUT2D eigenvalue weighted by Crippen LogP contribution is 2.21. The molecular weight excluding hydrogens is 349 g/mol. The average molecular weight is 365 g/mol. The molecule has 24 heavy (non-hydrogen) atoms. The first-order valence-electron chi connectivity index (χ1n) is 7.49. The Morgan fingerprint density at radius 2 is 2.04 bits per heavy atom. The van der Waals surface area contributed by atoms with E-state index in [-0.39, 0.29) is 16.7 Å². The Hall–Kier alpha value is -1.90. The maximum absolute atomic E-state index is 12.9. The molecule has 2 aromatic rings. The van der Waals surface area contributed by atoms with Crippen LogP contribution in [0.4, 0.5) is 9.52 Å². The van der Waals surface area contributed by atoms with E-state index in [4.69, 9.17) is 17.0 Å². The Morgan fingerprint density at radius 3 is 2.75 bits per heavy atom. The molecule has 1 aliphatic heterocycles. The summed E-state index contributed by atoms with van der Waals surface area (Å²) >= 11 is 6.60. The van der Waals surface area contributed by atoms with Gasteiger partial charge in [-0.3, -0.25) is 10.1 Å². The monoisotopic (exact) mass is 365 g/mol. The van der Waals surface area contributed by atoms with E-state index in [1.165, 1.54) is 23.5 Å². The molecule has 0 atom stereocenters. The van der Waals surface area contributed by atoms with Gasteiger partial charge < -0.3 is 9.64 Å². The Bertz CT molecular complexity index is 727. The molecule has 5 nitrogen and oxygen atoms in total. The van der Waals surface area contributed by atoms with E-state index in [1.807, 2.05) is 4.90 Å². The molecule has 0 unspecified atom stereocenters. The fourth-order valence-electron chi connectivity index (χ4n) is 2.31. The molecule has 1 N–H and O–H groups in total. The lowest BCUT2D eigenvalue weighted by atomic mass is 10.1. The van der Waals surface area contributed by atoms with Gasteiger partial charge in [-0.15, -0.1) is 11.3 Å². The van der Waals surface area contributed by atoms with Crippen molar-refractivity contribution in [2.45, 2.75) is 6.42 Å². The van der Waals surface area contributed by atoms with Crippen molar-refractivity contribution in [3.05, 3.63) is 46.7 Å². The lowest BCUT2D eigenvalue weighted by Crippen LogP contribution is -2.44. The van der Waals surface area contributed by atoms with Crippen molar-refractivity contribution in [2.24, 2.45) is 0 Å². The van der Waals surface area contributed by atoms with Crippen LogP contribution in [-0.2, 0) is 16.0 Å². The number of thiocarbonyl (C=S) groups is 1. The number of carbonyl (C=O) groups is 1. The van der Waals surface area contributed by atoms with Crippen molar-refractivity contribution >= 4 is 39.6 Å². The number of rotatable bonds is 3. The first kappa shape index (κ1) is 16.9. The first-order chi connectivity index (χ1) is 11.6. The highest BCUT2D eigenvalue weighted by Gasteiger charge is 2.20. The van der Waals surface area contributed by atoms with E-state index in [0.717, 1.165) is 10.4 Å². The minimum atomic E-state index is -0.324. The molecule has 0 bridgehead atoms. The van der Waals surface area contributed by atoms with E-state index in [1.54, 1.807) is 18.3 Å². The van der Waals surface area contributed by atoms with Crippen LogP contribution in [0.5, 0.6) is 0 Å². The standard InChI is InChI=1S/C16H16FN3O2S2/c17-12-3-1-11(2-4-12)9-13-10-18-16(24-13)19-14(21)15(23)20-5-7-22-8-6-20/h1-4,10H,5-9H2,(H,18,19,21). The van der Waals surface area contributed by atoms with Crippen molar-refractivity contribution < 1.29 is 13.9 Å². The second-order valence-electron chi connectivity index (χ2n) is 5.29. The molecule has 0 saturated carbocycles. The SMILES string of the molecule is O=C(Nc1ncc(Cc2ccc(F)cc2)s1)C(=S)N1CCOCC1. The molecule has 0 radical (unpaired) electrons. The fraction of sp³-hybridized carbons (Fsp3) is 0.312. The predicted molar refractivity (Wildman–Crippen MR) is 94.9 cm³/mol. The number of carbonyl (C=O) groups excluding carboxylic acids is 1. The van der Waals surface area contributed by atoms with E-state index >= 15 is 0 Å². The van der Waals surface area contributed by atoms with Crippen LogP contribution in [0, 0.1) is 5.82 Å². The molecular formula is C16H16FN3O2S2. The summed E-state index contributed by atoms with van der Waals surface area (Å²) in [6.07, 6.45) is 2.35. The highest BCUT2D eigenvalue weighted by atomic mass is 32.1. The number of amides is 1. The summed E-state index contributed by atoms with van der Waals surface area (Å²) < 4.78 is 18.2. The van der Waals surface area contributed by atoms with Crippen molar-refractivity contribution in [2.75, 3.05) is 31.6 Å². The molecule has 1 aromatic heterocycles. The smallest absolute Gasteiger partial charge is 0.285 e. The van der Waals surface area contributed by atoms with Crippen molar-refractivity contribution in [1.82, 2.24) is 9.88 Å². The molecule has 3 rings (SSSR count). The maximum Gasteiger partial charge on any atom is 0.285 e. The second-order valence-corrected chi connectivity index (χ2v) is 6.80. The summed E-state index contributed by atoms with van der Waals surface area (Å²) in [6.45, 7) is 2.40. The average Bonchev–Trinajstić information content (AvgIpc) is 3.04. The summed E-state index contributed by atoms with van der Waals surface area (Å²) in [5.41, 5.74) is 0.988. The quantitative estimate of drug-likeness (QED) is 0.847. The first-order valence-corrected chi connectivity index (χ1v) is 8.71. The van der Waals surface area contributed by atoms with E-state index in [2.05, 4.69) is 10.3 Å². The van der Waals surface area contributed by atoms with Crippen LogP contribution in [0.15, 0.2) is 30.5 Å². The van der Waals surface area contributed by atoms with Gasteiger partial charge in [0, 0.05) is 30.6 Å². The highest BCUT2D eigenvalue weighted by molar-refractivity contribution is 7.82. The van der Waals surface area contributed by atoms with Gasteiger partial charge in [-0.25, -0.2) is 9.37 Å². The minimum Gasteiger partial charge on any atom is -0.378 e. The summed E-state index contributed by atoms with van der Waals surface area (Å²) in [7, 11) is 0. The number of hydrogen-bond donors (Lipinski definition) is 1. The van der Waals surface area contributed by atoms with E-state index in [9.17, 15) is 9.18 Å². The molecule has 0 spiro atoms. The van der Waals surface area contributed by atoms with Crippen LogP contribution in [-0.4, -0.2) is 47.1 Å². The topological polar surface area (TPSA) is 54.5 Å². The molecule has 1 aromatic carbocycles. The van der Waals surface area contributed by atoms with Gasteiger partial charge in [0.25, 0.3) is 5.91 Å². The number of halogens is 1. The Morgan fingerprint density at radius 1 is 1.33 bits per heavy atom. The molecule has 1 amide bonds. The third-order valence-corrected chi connectivity index (χ3v) is 4.91. The molecule has 1 saturated heterocycles. The second kappa shape index (κ2) is 7.78. The molecule has 1 aliphatic rings. The number of benzene rings is 1. The largest absolute Gasteiger partial charge is 0.378 e. The number of nitrogens with one attached hydrogen (secondary N) is 1. The summed E-state index contributed by atoms with van der Waals surface area (Å²) in [4.78, 5) is 19.5. The van der Waals surface area contributed by atoms with Crippen LogP contribution in [0.2, 0.25) is 0 Å². The normalized spacial score (nSPS) is 14.5. The number of thiazole rings is 1. The van der Waals surface area contributed by atoms with Gasteiger partial charge >= 0.3 is 0 Å². The third-order valence-electron chi connectivity index (χ3n) is 3.56. The molecule has 126 valence electrons. The van der Waals surface area contributed by atoms with Gasteiger partial charge in [0.1, 0.15) is 5.82 Å². The van der Waals surface area contributed by atoms with Gasteiger partial charge in [-0.1, -0.05) is 24.4 Å². The lowest BCUT2D eigenvalue weighted by Gasteiger charge is -2.28. The number of morpholine rings is 1. The van der Waals surface area contributed by atoms with Gasteiger partial charge in [-0.05, 0) is 17.7 Å². The lowest BCUT2D eigenvalue weighted by molar-refractivity contribution is -0.111. The molecule has 2 heterocycles. The summed E-state index contributed by atoms with van der Waals surface area (Å²) in [6, 6.07) is 6.33. The Kier molecular flexibility index (Phi) is 5.49. The minimum absolute atomic E-state index is 0.257. The fourth-order valence-corrected chi connectivity index (χ4v) is 3.39. The van der Waals surface area contributed by atoms with Crippen molar-refractivity contribution in [3.63, 3.8) is 0 Å². The van der Waals surface area contributed by atoms with Crippen molar-refractivity contribution in [1.29, 1.82) is 0 Å². The van der Waals surface area contributed by atoms with E-state index in [0.29, 0.717) is 37.9 Å². The van der Waals surface area contributed by atoms with Crippen LogP contribution >= 0.6 is 23.6 Å². The molecule has 1 fully saturated rings. The third kappa shape index (κ3) is 4.34. The predicted octanol–water partition coefficient (Wildman–Crippen LogP) is 2.47. The van der Waals surface area contributed by atoms with Crippen LogP contribution < -0.4 is 5.32 Å². The van der Waals surface area contributed by atoms with Crippen molar-refractivity contribution in [3.8, 4) is 0 Å². The number of hydrogen-bond acceptors (Lipinski definition) is 5. The zero-order valence-electron chi connectivity index (χ0n) is 12.8. The van der Waals surface area contributed by atoms with Crippen LogP contribution in [0.25, 0.3) is 0 Å². The Labute approximate surface area is 148 Å². The number of ether oxygens (including phenoxy) is 1.